The third-order valence-corrected chi connectivity index (χ3v) is 7.90. The zero-order chi connectivity index (χ0) is 30.1. The van der Waals surface area contributed by atoms with Gasteiger partial charge in [-0.15, -0.1) is 0 Å². The summed E-state index contributed by atoms with van der Waals surface area (Å²) in [5.74, 6) is 0.551. The molecule has 2 N–H and O–H groups in total. The van der Waals surface area contributed by atoms with Crippen LogP contribution in [0.3, 0.4) is 0 Å². The lowest BCUT2D eigenvalue weighted by Gasteiger charge is -2.24. The zero-order valence-corrected chi connectivity index (χ0v) is 25.3. The van der Waals surface area contributed by atoms with Crippen LogP contribution in [0.2, 0.25) is 0 Å². The molecule has 1 aliphatic rings. The van der Waals surface area contributed by atoms with E-state index in [1.165, 1.54) is 49.8 Å². The van der Waals surface area contributed by atoms with Crippen LogP contribution >= 0.6 is 0 Å². The van der Waals surface area contributed by atoms with E-state index >= 15 is 0 Å². The molecule has 42 heavy (non-hydrogen) atoms. The SMILES string of the molecule is CC(O)C(C)(F)c1ccc(CC=C2CCC2)cc1.CNc1ccc(-c2nccnc2OCc2ccc(C)cc2C)cc1. The number of anilines is 1. The van der Waals surface area contributed by atoms with Crippen LogP contribution in [0.5, 0.6) is 5.88 Å². The Balaban J connectivity index is 0.000000201. The Hall–Kier alpha value is -4.03. The van der Waals surface area contributed by atoms with Crippen LogP contribution in [0, 0.1) is 13.8 Å². The number of ether oxygens (including phenoxy) is 1. The number of nitrogens with zero attached hydrogens (tertiary/aromatic N) is 2. The van der Waals surface area contributed by atoms with E-state index < -0.39 is 11.8 Å². The minimum atomic E-state index is -1.68. The number of benzene rings is 3. The van der Waals surface area contributed by atoms with Gasteiger partial charge < -0.3 is 15.2 Å². The Morgan fingerprint density at radius 2 is 1.69 bits per heavy atom. The Labute approximate surface area is 249 Å². The Morgan fingerprint density at radius 3 is 2.29 bits per heavy atom. The summed E-state index contributed by atoms with van der Waals surface area (Å²) >= 11 is 0. The van der Waals surface area contributed by atoms with Gasteiger partial charge in [-0.1, -0.05) is 71.8 Å². The van der Waals surface area contributed by atoms with E-state index in [0.29, 0.717) is 18.1 Å². The number of hydrogen-bond acceptors (Lipinski definition) is 5. The molecule has 0 aliphatic heterocycles. The molecule has 1 heterocycles. The van der Waals surface area contributed by atoms with E-state index in [1.807, 2.05) is 43.4 Å². The highest BCUT2D eigenvalue weighted by molar-refractivity contribution is 5.66. The van der Waals surface area contributed by atoms with Crippen molar-refractivity contribution in [1.29, 1.82) is 0 Å². The van der Waals surface area contributed by atoms with Crippen LogP contribution in [0.15, 0.2) is 90.8 Å². The monoisotopic (exact) mass is 567 g/mol. The topological polar surface area (TPSA) is 67.3 Å². The molecule has 0 amide bonds. The Kier molecular flexibility index (Phi) is 10.5. The van der Waals surface area contributed by atoms with Crippen LogP contribution < -0.4 is 10.1 Å². The summed E-state index contributed by atoms with van der Waals surface area (Å²) in [4.78, 5) is 8.80. The Bertz CT molecular complexity index is 1470. The fraction of sp³-hybridized carbons (Fsp3) is 0.333. The molecule has 5 rings (SSSR count). The van der Waals surface area contributed by atoms with Gasteiger partial charge in [0.25, 0.3) is 0 Å². The number of nitrogens with one attached hydrogen (secondary N) is 1. The highest BCUT2D eigenvalue weighted by Gasteiger charge is 2.31. The smallest absolute Gasteiger partial charge is 0.240 e. The van der Waals surface area contributed by atoms with Gasteiger partial charge in [-0.05, 0) is 87.8 Å². The molecule has 0 saturated heterocycles. The molecule has 0 bridgehead atoms. The fourth-order valence-corrected chi connectivity index (χ4v) is 4.63. The van der Waals surface area contributed by atoms with Crippen molar-refractivity contribution >= 4 is 5.69 Å². The molecular weight excluding hydrogens is 525 g/mol. The van der Waals surface area contributed by atoms with Gasteiger partial charge in [-0.25, -0.2) is 14.4 Å². The van der Waals surface area contributed by atoms with Crippen LogP contribution in [0.4, 0.5) is 10.1 Å². The predicted molar refractivity (Wildman–Crippen MR) is 169 cm³/mol. The summed E-state index contributed by atoms with van der Waals surface area (Å²) in [6, 6.07) is 21.9. The number of hydrogen-bond donors (Lipinski definition) is 2. The summed E-state index contributed by atoms with van der Waals surface area (Å²) in [5.41, 5.74) is 8.02. The number of allylic oxidation sites excluding steroid dienone is 2. The second-order valence-corrected chi connectivity index (χ2v) is 11.1. The van der Waals surface area contributed by atoms with Gasteiger partial charge in [0.1, 0.15) is 12.3 Å². The highest BCUT2D eigenvalue weighted by Crippen LogP contribution is 2.30. The molecule has 0 radical (unpaired) electrons. The van der Waals surface area contributed by atoms with Gasteiger partial charge in [-0.3, -0.25) is 0 Å². The van der Waals surface area contributed by atoms with Crippen molar-refractivity contribution in [2.45, 2.75) is 71.8 Å². The first kappa shape index (κ1) is 30.9. The van der Waals surface area contributed by atoms with Gasteiger partial charge in [0.15, 0.2) is 5.67 Å². The number of rotatable bonds is 9. The number of halogens is 1. The van der Waals surface area contributed by atoms with Crippen molar-refractivity contribution in [2.24, 2.45) is 0 Å². The molecule has 4 aromatic rings. The minimum Gasteiger partial charge on any atom is -0.471 e. The van der Waals surface area contributed by atoms with Crippen LogP contribution in [0.1, 0.15) is 60.9 Å². The van der Waals surface area contributed by atoms with Crippen LogP contribution in [0.25, 0.3) is 11.3 Å². The number of alkyl halides is 1. The van der Waals surface area contributed by atoms with E-state index in [4.69, 9.17) is 4.74 Å². The molecule has 220 valence electrons. The van der Waals surface area contributed by atoms with Crippen molar-refractivity contribution in [1.82, 2.24) is 9.97 Å². The zero-order valence-electron chi connectivity index (χ0n) is 25.3. The van der Waals surface area contributed by atoms with Gasteiger partial charge in [0.05, 0.1) is 6.10 Å². The normalized spacial score (nSPS) is 14.5. The first-order valence-electron chi connectivity index (χ1n) is 14.6. The molecule has 1 fully saturated rings. The first-order valence-corrected chi connectivity index (χ1v) is 14.6. The van der Waals surface area contributed by atoms with Gasteiger partial charge in [0, 0.05) is 30.7 Å². The lowest BCUT2D eigenvalue weighted by Crippen LogP contribution is -2.29. The van der Waals surface area contributed by atoms with E-state index in [0.717, 1.165) is 28.9 Å². The standard InChI is InChI=1S/C20H21N3O.C16H21FO/c1-14-4-5-17(15(2)12-14)13-24-20-19(22-10-11-23-20)16-6-8-18(21-3)9-7-16;1-12(18)16(2,17)15-10-8-14(9-11-15)7-6-13-4-3-5-13/h4-12,21H,13H2,1-3H3;6,8-12,18H,3-5,7H2,1-2H3. The summed E-state index contributed by atoms with van der Waals surface area (Å²) in [7, 11) is 1.90. The van der Waals surface area contributed by atoms with Crippen molar-refractivity contribution < 1.29 is 14.2 Å². The molecule has 1 saturated carbocycles. The average molecular weight is 568 g/mol. The third-order valence-electron chi connectivity index (χ3n) is 7.90. The molecule has 2 unspecified atom stereocenters. The molecule has 0 spiro atoms. The minimum absolute atomic E-state index is 0.479. The maximum absolute atomic E-state index is 14.2. The second-order valence-electron chi connectivity index (χ2n) is 11.1. The number of aromatic nitrogens is 2. The van der Waals surface area contributed by atoms with Crippen molar-refractivity contribution in [2.75, 3.05) is 12.4 Å². The van der Waals surface area contributed by atoms with Crippen LogP contribution in [-0.2, 0) is 18.7 Å². The molecular formula is C36H42FN3O2. The summed E-state index contributed by atoms with van der Waals surface area (Å²) < 4.78 is 20.2. The number of aliphatic hydroxyl groups excluding tert-OH is 1. The van der Waals surface area contributed by atoms with Crippen molar-refractivity contribution in [3.05, 3.63) is 119 Å². The molecule has 5 nitrogen and oxygen atoms in total. The van der Waals surface area contributed by atoms with E-state index in [-0.39, 0.29) is 0 Å². The summed E-state index contributed by atoms with van der Waals surface area (Å²) in [6.07, 6.45) is 9.34. The maximum Gasteiger partial charge on any atom is 0.240 e. The van der Waals surface area contributed by atoms with E-state index in [9.17, 15) is 9.50 Å². The van der Waals surface area contributed by atoms with Crippen molar-refractivity contribution in [3.8, 4) is 17.1 Å². The van der Waals surface area contributed by atoms with E-state index in [1.54, 1.807) is 30.1 Å². The highest BCUT2D eigenvalue weighted by atomic mass is 19.1. The van der Waals surface area contributed by atoms with Gasteiger partial charge >= 0.3 is 0 Å². The summed E-state index contributed by atoms with van der Waals surface area (Å²) in [6.45, 7) is 7.57. The molecule has 3 aromatic carbocycles. The second kappa shape index (κ2) is 14.2. The fourth-order valence-electron chi connectivity index (χ4n) is 4.63. The number of aliphatic hydroxyl groups is 1. The molecule has 1 aromatic heterocycles. The van der Waals surface area contributed by atoms with Crippen molar-refractivity contribution in [3.63, 3.8) is 0 Å². The maximum atomic E-state index is 14.2. The predicted octanol–water partition coefficient (Wildman–Crippen LogP) is 8.29. The molecule has 2 atom stereocenters. The molecule has 1 aliphatic carbocycles. The largest absolute Gasteiger partial charge is 0.471 e. The van der Waals surface area contributed by atoms with E-state index in [2.05, 4.69) is 53.4 Å². The third kappa shape index (κ3) is 8.04. The lowest BCUT2D eigenvalue weighted by atomic mass is 9.90. The lowest BCUT2D eigenvalue weighted by molar-refractivity contribution is 0.0135. The number of aryl methyl sites for hydroxylation is 2. The average Bonchev–Trinajstić information content (AvgIpc) is 2.97. The first-order chi connectivity index (χ1) is 20.2. The quantitative estimate of drug-likeness (QED) is 0.199. The van der Waals surface area contributed by atoms with Gasteiger partial charge in [-0.2, -0.15) is 0 Å². The summed E-state index contributed by atoms with van der Waals surface area (Å²) in [5, 5.41) is 12.5. The molecule has 6 heteroatoms. The van der Waals surface area contributed by atoms with Gasteiger partial charge in [0.2, 0.25) is 5.88 Å². The van der Waals surface area contributed by atoms with Crippen LogP contribution in [-0.4, -0.2) is 28.2 Å². The Morgan fingerprint density at radius 1 is 1.00 bits per heavy atom.